The van der Waals surface area contributed by atoms with Gasteiger partial charge in [-0.25, -0.2) is 9.97 Å². The molecule has 2 heterocycles. The van der Waals surface area contributed by atoms with E-state index < -0.39 is 0 Å². The molecule has 19 heavy (non-hydrogen) atoms. The van der Waals surface area contributed by atoms with E-state index in [9.17, 15) is 0 Å². The number of rotatable bonds is 3. The molecule has 0 aliphatic rings. The fraction of sp³-hybridized carbons (Fsp3) is 0.143. The van der Waals surface area contributed by atoms with E-state index in [1.165, 1.54) is 0 Å². The number of nitrogens with one attached hydrogen (secondary N) is 1. The van der Waals surface area contributed by atoms with Crippen LogP contribution < -0.4 is 5.32 Å². The number of para-hydroxylation sites is 1. The molecule has 0 radical (unpaired) electrons. The standard InChI is InChI=1S/C14H13N3S2/c1-9-13(19-10(2)15-9)12-8-18-14(17-12)16-11-6-4-3-5-7-11/h3-8H,1-2H3,(H,16,17). The summed E-state index contributed by atoms with van der Waals surface area (Å²) in [4.78, 5) is 10.2. The summed E-state index contributed by atoms with van der Waals surface area (Å²) in [6.45, 7) is 4.05. The van der Waals surface area contributed by atoms with Gasteiger partial charge < -0.3 is 5.32 Å². The van der Waals surface area contributed by atoms with Crippen molar-refractivity contribution in [1.82, 2.24) is 9.97 Å². The lowest BCUT2D eigenvalue weighted by molar-refractivity contribution is 1.20. The SMILES string of the molecule is Cc1nc(C)c(-c2csc(Nc3ccccc3)n2)s1. The summed E-state index contributed by atoms with van der Waals surface area (Å²) in [5, 5.41) is 7.38. The normalized spacial score (nSPS) is 10.6. The maximum atomic E-state index is 4.63. The number of nitrogens with zero attached hydrogens (tertiary/aromatic N) is 2. The average molecular weight is 287 g/mol. The molecule has 3 aromatic rings. The van der Waals surface area contributed by atoms with Gasteiger partial charge in [-0.2, -0.15) is 0 Å². The van der Waals surface area contributed by atoms with Crippen molar-refractivity contribution in [2.45, 2.75) is 13.8 Å². The Labute approximate surface area is 120 Å². The summed E-state index contributed by atoms with van der Waals surface area (Å²) in [7, 11) is 0. The predicted octanol–water partition coefficient (Wildman–Crippen LogP) is 4.63. The van der Waals surface area contributed by atoms with Crippen molar-refractivity contribution in [2.24, 2.45) is 0 Å². The Balaban J connectivity index is 1.86. The maximum absolute atomic E-state index is 4.63. The number of aryl methyl sites for hydroxylation is 2. The fourth-order valence-corrected chi connectivity index (χ4v) is 3.53. The summed E-state index contributed by atoms with van der Waals surface area (Å²) >= 11 is 3.31. The van der Waals surface area contributed by atoms with E-state index in [0.717, 1.165) is 32.1 Å². The minimum absolute atomic E-state index is 0.909. The third-order valence-corrected chi connectivity index (χ3v) is 4.52. The summed E-state index contributed by atoms with van der Waals surface area (Å²) in [6, 6.07) is 10.1. The van der Waals surface area contributed by atoms with Gasteiger partial charge in [-0.05, 0) is 26.0 Å². The Bertz CT molecular complexity index is 686. The molecule has 0 saturated heterocycles. The van der Waals surface area contributed by atoms with Gasteiger partial charge in [0.25, 0.3) is 0 Å². The van der Waals surface area contributed by atoms with Crippen LogP contribution in [0.4, 0.5) is 10.8 Å². The monoisotopic (exact) mass is 287 g/mol. The molecule has 0 spiro atoms. The number of aromatic nitrogens is 2. The third kappa shape index (κ3) is 2.67. The van der Waals surface area contributed by atoms with Gasteiger partial charge in [0, 0.05) is 11.1 Å². The van der Waals surface area contributed by atoms with Crippen LogP contribution in [-0.4, -0.2) is 9.97 Å². The molecular formula is C14H13N3S2. The van der Waals surface area contributed by atoms with Gasteiger partial charge in [0.05, 0.1) is 21.3 Å². The number of thiazole rings is 2. The zero-order valence-corrected chi connectivity index (χ0v) is 12.3. The van der Waals surface area contributed by atoms with Gasteiger partial charge >= 0.3 is 0 Å². The van der Waals surface area contributed by atoms with E-state index in [-0.39, 0.29) is 0 Å². The lowest BCUT2D eigenvalue weighted by Gasteiger charge is -2.00. The first kappa shape index (κ1) is 12.3. The Morgan fingerprint density at radius 2 is 1.84 bits per heavy atom. The van der Waals surface area contributed by atoms with Crippen molar-refractivity contribution in [3.8, 4) is 10.6 Å². The number of benzene rings is 1. The van der Waals surface area contributed by atoms with E-state index >= 15 is 0 Å². The Morgan fingerprint density at radius 3 is 2.53 bits per heavy atom. The van der Waals surface area contributed by atoms with Gasteiger partial charge in [0.2, 0.25) is 0 Å². The quantitative estimate of drug-likeness (QED) is 0.763. The highest BCUT2D eigenvalue weighted by Crippen LogP contribution is 2.32. The lowest BCUT2D eigenvalue weighted by atomic mass is 10.3. The summed E-state index contributed by atoms with van der Waals surface area (Å²) in [5.74, 6) is 0. The fourth-order valence-electron chi connectivity index (χ4n) is 1.85. The third-order valence-electron chi connectivity index (χ3n) is 2.67. The molecule has 3 rings (SSSR count). The topological polar surface area (TPSA) is 37.8 Å². The van der Waals surface area contributed by atoms with Crippen LogP contribution in [-0.2, 0) is 0 Å². The molecule has 0 atom stereocenters. The van der Waals surface area contributed by atoms with Gasteiger partial charge in [-0.1, -0.05) is 18.2 Å². The van der Waals surface area contributed by atoms with Gasteiger partial charge in [0.15, 0.2) is 5.13 Å². The van der Waals surface area contributed by atoms with Crippen molar-refractivity contribution in [1.29, 1.82) is 0 Å². The second-order valence-corrected chi connectivity index (χ2v) is 6.24. The van der Waals surface area contributed by atoms with E-state index in [2.05, 4.69) is 20.7 Å². The van der Waals surface area contributed by atoms with E-state index in [0.29, 0.717) is 0 Å². The average Bonchev–Trinajstić information content (AvgIpc) is 2.97. The lowest BCUT2D eigenvalue weighted by Crippen LogP contribution is -1.88. The zero-order chi connectivity index (χ0) is 13.2. The zero-order valence-electron chi connectivity index (χ0n) is 10.7. The molecule has 0 bridgehead atoms. The van der Waals surface area contributed by atoms with Crippen LogP contribution >= 0.6 is 22.7 Å². The predicted molar refractivity (Wildman–Crippen MR) is 82.4 cm³/mol. The number of anilines is 2. The van der Waals surface area contributed by atoms with Crippen LogP contribution in [0.15, 0.2) is 35.7 Å². The molecule has 0 aliphatic heterocycles. The second kappa shape index (κ2) is 5.11. The van der Waals surface area contributed by atoms with Crippen molar-refractivity contribution in [2.75, 3.05) is 5.32 Å². The van der Waals surface area contributed by atoms with Crippen LogP contribution in [0.5, 0.6) is 0 Å². The minimum Gasteiger partial charge on any atom is -0.332 e. The summed E-state index contributed by atoms with van der Waals surface area (Å²) in [5.41, 5.74) is 3.12. The minimum atomic E-state index is 0.909. The Kier molecular flexibility index (Phi) is 3.31. The highest BCUT2D eigenvalue weighted by atomic mass is 32.1. The molecule has 0 fully saturated rings. The summed E-state index contributed by atoms with van der Waals surface area (Å²) in [6.07, 6.45) is 0. The molecule has 5 heteroatoms. The smallest absolute Gasteiger partial charge is 0.187 e. The van der Waals surface area contributed by atoms with Crippen LogP contribution in [0.25, 0.3) is 10.6 Å². The van der Waals surface area contributed by atoms with Crippen LogP contribution in [0, 0.1) is 13.8 Å². The van der Waals surface area contributed by atoms with E-state index in [1.54, 1.807) is 22.7 Å². The van der Waals surface area contributed by atoms with E-state index in [1.807, 2.05) is 44.2 Å². The molecule has 2 aromatic heterocycles. The van der Waals surface area contributed by atoms with Crippen molar-refractivity contribution in [3.05, 3.63) is 46.4 Å². The van der Waals surface area contributed by atoms with Crippen molar-refractivity contribution in [3.63, 3.8) is 0 Å². The molecule has 0 saturated carbocycles. The number of hydrogen-bond donors (Lipinski definition) is 1. The molecule has 1 N–H and O–H groups in total. The molecule has 3 nitrogen and oxygen atoms in total. The largest absolute Gasteiger partial charge is 0.332 e. The highest BCUT2D eigenvalue weighted by Gasteiger charge is 2.11. The molecule has 0 aliphatic carbocycles. The summed E-state index contributed by atoms with van der Waals surface area (Å²) < 4.78 is 0. The van der Waals surface area contributed by atoms with Crippen LogP contribution in [0.3, 0.4) is 0 Å². The maximum Gasteiger partial charge on any atom is 0.187 e. The first-order valence-electron chi connectivity index (χ1n) is 5.94. The second-order valence-electron chi connectivity index (χ2n) is 4.18. The molecule has 0 amide bonds. The highest BCUT2D eigenvalue weighted by molar-refractivity contribution is 7.16. The molecule has 1 aromatic carbocycles. The number of hydrogen-bond acceptors (Lipinski definition) is 5. The van der Waals surface area contributed by atoms with Crippen LogP contribution in [0.1, 0.15) is 10.7 Å². The molecular weight excluding hydrogens is 274 g/mol. The first-order chi connectivity index (χ1) is 9.22. The first-order valence-corrected chi connectivity index (χ1v) is 7.64. The van der Waals surface area contributed by atoms with Gasteiger partial charge in [-0.3, -0.25) is 0 Å². The van der Waals surface area contributed by atoms with Crippen molar-refractivity contribution < 1.29 is 0 Å². The van der Waals surface area contributed by atoms with Crippen LogP contribution in [0.2, 0.25) is 0 Å². The Morgan fingerprint density at radius 1 is 1.05 bits per heavy atom. The van der Waals surface area contributed by atoms with Gasteiger partial charge in [-0.15, -0.1) is 22.7 Å². The van der Waals surface area contributed by atoms with Crippen molar-refractivity contribution >= 4 is 33.5 Å². The van der Waals surface area contributed by atoms with Gasteiger partial charge in [0.1, 0.15) is 0 Å². The molecule has 96 valence electrons. The molecule has 0 unspecified atom stereocenters. The van der Waals surface area contributed by atoms with E-state index in [4.69, 9.17) is 0 Å². The Hall–Kier alpha value is -1.72.